The molecule has 0 saturated carbocycles. The molecule has 0 atom stereocenters. The molecule has 0 amide bonds. The highest BCUT2D eigenvalue weighted by Crippen LogP contribution is 2.26. The number of nitrogens with zero attached hydrogens (tertiary/aromatic N) is 2. The van der Waals surface area contributed by atoms with Crippen LogP contribution >= 0.6 is 27.3 Å². The van der Waals surface area contributed by atoms with Crippen LogP contribution in [0.4, 0.5) is 5.82 Å². The smallest absolute Gasteiger partial charge is 0.133 e. The lowest BCUT2D eigenvalue weighted by Crippen LogP contribution is -2.07. The van der Waals surface area contributed by atoms with Gasteiger partial charge in [-0.3, -0.25) is 0 Å². The summed E-state index contributed by atoms with van der Waals surface area (Å²) in [5.41, 5.74) is 2.56. The molecule has 0 unspecified atom stereocenters. The predicted octanol–water partition coefficient (Wildman–Crippen LogP) is 4.18. The summed E-state index contributed by atoms with van der Waals surface area (Å²) >= 11 is 5.32. The van der Waals surface area contributed by atoms with Gasteiger partial charge in [0.05, 0.1) is 6.54 Å². The number of thiophene rings is 1. The second kappa shape index (κ2) is 6.01. The van der Waals surface area contributed by atoms with Crippen molar-refractivity contribution in [3.05, 3.63) is 38.4 Å². The highest BCUT2D eigenvalue weighted by molar-refractivity contribution is 9.10. The van der Waals surface area contributed by atoms with Crippen LogP contribution in [-0.4, -0.2) is 9.97 Å². The molecule has 1 aliphatic rings. The van der Waals surface area contributed by atoms with Gasteiger partial charge < -0.3 is 5.32 Å². The first-order valence-electron chi connectivity index (χ1n) is 6.63. The minimum atomic E-state index is 0.821. The van der Waals surface area contributed by atoms with Crippen LogP contribution in [-0.2, 0) is 19.4 Å². The zero-order chi connectivity index (χ0) is 13.1. The van der Waals surface area contributed by atoms with Crippen LogP contribution in [0.3, 0.4) is 0 Å². The van der Waals surface area contributed by atoms with Gasteiger partial charge in [0.1, 0.15) is 12.1 Å². The maximum atomic E-state index is 4.44. The Balaban J connectivity index is 1.79. The van der Waals surface area contributed by atoms with E-state index in [2.05, 4.69) is 42.7 Å². The first-order chi connectivity index (χ1) is 9.34. The zero-order valence-corrected chi connectivity index (χ0v) is 13.1. The van der Waals surface area contributed by atoms with Crippen molar-refractivity contribution >= 4 is 33.1 Å². The molecule has 100 valence electrons. The topological polar surface area (TPSA) is 37.8 Å². The molecule has 1 N–H and O–H groups in total. The molecule has 2 aromatic heterocycles. The van der Waals surface area contributed by atoms with E-state index in [9.17, 15) is 0 Å². The van der Waals surface area contributed by atoms with Crippen LogP contribution < -0.4 is 5.32 Å². The fraction of sp³-hybridized carbons (Fsp3) is 0.429. The maximum absolute atomic E-state index is 4.44. The molecule has 0 aromatic carbocycles. The SMILES string of the molecule is Brc1ccsc1CNc1ncnc2c1CCCCC2. The molecular formula is C14H16BrN3S. The lowest BCUT2D eigenvalue weighted by Gasteiger charge is -2.12. The summed E-state index contributed by atoms with van der Waals surface area (Å²) in [5, 5.41) is 5.57. The average molecular weight is 338 g/mol. The number of halogens is 1. The lowest BCUT2D eigenvalue weighted by molar-refractivity contribution is 0.709. The molecule has 2 heterocycles. The van der Waals surface area contributed by atoms with Gasteiger partial charge in [-0.2, -0.15) is 0 Å². The molecule has 0 aliphatic heterocycles. The van der Waals surface area contributed by atoms with Crippen molar-refractivity contribution in [2.45, 2.75) is 38.6 Å². The lowest BCUT2D eigenvalue weighted by atomic mass is 10.1. The van der Waals surface area contributed by atoms with Crippen molar-refractivity contribution < 1.29 is 0 Å². The first-order valence-corrected chi connectivity index (χ1v) is 8.30. The Morgan fingerprint density at radius 1 is 1.21 bits per heavy atom. The summed E-state index contributed by atoms with van der Waals surface area (Å²) in [4.78, 5) is 10.2. The van der Waals surface area contributed by atoms with E-state index in [-0.39, 0.29) is 0 Å². The molecule has 1 aliphatic carbocycles. The van der Waals surface area contributed by atoms with Gasteiger partial charge in [0.25, 0.3) is 0 Å². The third-order valence-electron chi connectivity index (χ3n) is 3.48. The van der Waals surface area contributed by atoms with Crippen molar-refractivity contribution in [1.82, 2.24) is 9.97 Å². The molecule has 0 radical (unpaired) electrons. The van der Waals surface area contributed by atoms with Gasteiger partial charge in [0, 0.05) is 20.6 Å². The second-order valence-electron chi connectivity index (χ2n) is 4.75. The molecule has 2 aromatic rings. The van der Waals surface area contributed by atoms with Gasteiger partial charge in [-0.05, 0) is 53.1 Å². The number of nitrogens with one attached hydrogen (secondary N) is 1. The molecule has 0 spiro atoms. The fourth-order valence-electron chi connectivity index (χ4n) is 2.47. The highest BCUT2D eigenvalue weighted by Gasteiger charge is 2.14. The quantitative estimate of drug-likeness (QED) is 0.853. The minimum Gasteiger partial charge on any atom is -0.365 e. The van der Waals surface area contributed by atoms with E-state index in [1.54, 1.807) is 17.7 Å². The van der Waals surface area contributed by atoms with E-state index in [4.69, 9.17) is 0 Å². The Morgan fingerprint density at radius 3 is 2.95 bits per heavy atom. The normalized spacial score (nSPS) is 14.8. The van der Waals surface area contributed by atoms with Gasteiger partial charge >= 0.3 is 0 Å². The summed E-state index contributed by atoms with van der Waals surface area (Å²) in [6.07, 6.45) is 7.68. The van der Waals surface area contributed by atoms with Crippen molar-refractivity contribution in [2.75, 3.05) is 5.32 Å². The Morgan fingerprint density at radius 2 is 2.11 bits per heavy atom. The third-order valence-corrected chi connectivity index (χ3v) is 5.41. The highest BCUT2D eigenvalue weighted by atomic mass is 79.9. The van der Waals surface area contributed by atoms with E-state index in [1.807, 2.05) is 0 Å². The van der Waals surface area contributed by atoms with Crippen LogP contribution in [0.15, 0.2) is 22.2 Å². The molecule has 5 heteroatoms. The van der Waals surface area contributed by atoms with Gasteiger partial charge in [-0.15, -0.1) is 11.3 Å². The monoisotopic (exact) mass is 337 g/mol. The Bertz CT molecular complexity index is 568. The average Bonchev–Trinajstić information content (AvgIpc) is 2.69. The minimum absolute atomic E-state index is 0.821. The first kappa shape index (κ1) is 13.1. The second-order valence-corrected chi connectivity index (χ2v) is 6.61. The van der Waals surface area contributed by atoms with Gasteiger partial charge in [0.2, 0.25) is 0 Å². The Labute approximate surface area is 125 Å². The van der Waals surface area contributed by atoms with Gasteiger partial charge in [0.15, 0.2) is 0 Å². The van der Waals surface area contributed by atoms with E-state index < -0.39 is 0 Å². The fourth-order valence-corrected chi connectivity index (χ4v) is 3.90. The standard InChI is InChI=1S/C14H16BrN3S/c15-11-6-7-19-13(11)8-16-14-10-4-2-1-3-5-12(10)17-9-18-14/h6-7,9H,1-5,8H2,(H,16,17,18). The molecule has 3 nitrogen and oxygen atoms in total. The predicted molar refractivity (Wildman–Crippen MR) is 82.6 cm³/mol. The van der Waals surface area contributed by atoms with E-state index in [0.29, 0.717) is 0 Å². The van der Waals surface area contributed by atoms with E-state index in [1.165, 1.54) is 39.9 Å². The molecular weight excluding hydrogens is 322 g/mol. The molecule has 19 heavy (non-hydrogen) atoms. The molecule has 3 rings (SSSR count). The number of aryl methyl sites for hydroxylation is 1. The number of anilines is 1. The largest absolute Gasteiger partial charge is 0.365 e. The summed E-state index contributed by atoms with van der Waals surface area (Å²) in [5.74, 6) is 1.02. The summed E-state index contributed by atoms with van der Waals surface area (Å²) < 4.78 is 1.17. The van der Waals surface area contributed by atoms with Gasteiger partial charge in [-0.1, -0.05) is 6.42 Å². The van der Waals surface area contributed by atoms with Crippen LogP contribution in [0.5, 0.6) is 0 Å². The number of fused-ring (bicyclic) bond motifs is 1. The van der Waals surface area contributed by atoms with Crippen LogP contribution in [0.1, 0.15) is 35.4 Å². The van der Waals surface area contributed by atoms with Crippen LogP contribution in [0.2, 0.25) is 0 Å². The van der Waals surface area contributed by atoms with E-state index >= 15 is 0 Å². The van der Waals surface area contributed by atoms with Crippen molar-refractivity contribution in [1.29, 1.82) is 0 Å². The van der Waals surface area contributed by atoms with Crippen LogP contribution in [0, 0.1) is 0 Å². The molecule has 0 fully saturated rings. The Hall–Kier alpha value is -0.940. The number of hydrogen-bond donors (Lipinski definition) is 1. The summed E-state index contributed by atoms with van der Waals surface area (Å²) in [7, 11) is 0. The molecule has 0 saturated heterocycles. The summed E-state index contributed by atoms with van der Waals surface area (Å²) in [6, 6.07) is 2.09. The third kappa shape index (κ3) is 2.98. The number of rotatable bonds is 3. The van der Waals surface area contributed by atoms with Gasteiger partial charge in [-0.25, -0.2) is 9.97 Å². The van der Waals surface area contributed by atoms with Crippen molar-refractivity contribution in [3.8, 4) is 0 Å². The summed E-state index contributed by atoms with van der Waals surface area (Å²) in [6.45, 7) is 0.821. The molecule has 0 bridgehead atoms. The van der Waals surface area contributed by atoms with Crippen LogP contribution in [0.25, 0.3) is 0 Å². The van der Waals surface area contributed by atoms with Crippen molar-refractivity contribution in [3.63, 3.8) is 0 Å². The Kier molecular flexibility index (Phi) is 4.13. The number of aromatic nitrogens is 2. The van der Waals surface area contributed by atoms with E-state index in [0.717, 1.165) is 25.2 Å². The zero-order valence-electron chi connectivity index (χ0n) is 10.7. The van der Waals surface area contributed by atoms with Crippen molar-refractivity contribution in [2.24, 2.45) is 0 Å². The number of hydrogen-bond acceptors (Lipinski definition) is 4. The maximum Gasteiger partial charge on any atom is 0.133 e.